The van der Waals surface area contributed by atoms with Gasteiger partial charge in [-0.3, -0.25) is 0 Å². The van der Waals surface area contributed by atoms with E-state index < -0.39 is 19.3 Å². The second kappa shape index (κ2) is 7.54. The van der Waals surface area contributed by atoms with E-state index in [2.05, 4.69) is 4.74 Å². The molecule has 0 N–H and O–H groups in total. The van der Waals surface area contributed by atoms with Crippen molar-refractivity contribution in [2.45, 2.75) is 6.32 Å². The third kappa shape index (κ3) is 5.31. The molecule has 1 aromatic rings. The maximum Gasteiger partial charge on any atom is 1.00 e. The summed E-state index contributed by atoms with van der Waals surface area (Å²) < 4.78 is 46.3. The summed E-state index contributed by atoms with van der Waals surface area (Å²) >= 11 is 0. The fourth-order valence-electron chi connectivity index (χ4n) is 1.43. The average molecular weight is 286 g/mol. The van der Waals surface area contributed by atoms with Crippen molar-refractivity contribution in [3.63, 3.8) is 0 Å². The van der Waals surface area contributed by atoms with Crippen LogP contribution in [0.5, 0.6) is 5.75 Å². The number of esters is 1. The third-order valence-electron chi connectivity index (χ3n) is 2.15. The Bertz CT molecular complexity index is 423. The molecule has 0 amide bonds. The van der Waals surface area contributed by atoms with Crippen LogP contribution in [0, 0.1) is 0 Å². The first-order valence-corrected chi connectivity index (χ1v) is 4.83. The summed E-state index contributed by atoms with van der Waals surface area (Å²) in [4.78, 5) is 11.2. The van der Waals surface area contributed by atoms with Gasteiger partial charge < -0.3 is 22.4 Å². The molecule has 0 saturated carbocycles. The zero-order valence-electron chi connectivity index (χ0n) is 10.4. The molecule has 0 atom stereocenters. The van der Waals surface area contributed by atoms with Gasteiger partial charge in [-0.05, 0) is 23.8 Å². The predicted octanol–water partition coefficient (Wildman–Crippen LogP) is -0.585. The summed E-state index contributed by atoms with van der Waals surface area (Å²) in [5, 5.41) is 0. The zero-order chi connectivity index (χ0) is 13.1. The molecule has 3 nitrogen and oxygen atoms in total. The number of halogens is 3. The van der Waals surface area contributed by atoms with E-state index in [0.29, 0.717) is 0 Å². The minimum absolute atomic E-state index is 0. The number of carbonyl (C=O) groups excluding carboxylic acids is 1. The van der Waals surface area contributed by atoms with E-state index in [9.17, 15) is 17.7 Å². The molecule has 0 aliphatic carbocycles. The normalized spacial score (nSPS) is 10.5. The van der Waals surface area contributed by atoms with Gasteiger partial charge in [-0.15, -0.1) is 0 Å². The first-order chi connectivity index (χ1) is 7.87. The van der Waals surface area contributed by atoms with Crippen LogP contribution >= 0.6 is 0 Å². The Morgan fingerprint density at radius 1 is 1.28 bits per heavy atom. The molecule has 0 spiro atoms. The van der Waals surface area contributed by atoms with Crippen molar-refractivity contribution in [3.05, 3.63) is 29.3 Å². The summed E-state index contributed by atoms with van der Waals surface area (Å²) in [6.45, 7) is -4.98. The van der Waals surface area contributed by atoms with Crippen LogP contribution in [0.15, 0.2) is 18.2 Å². The van der Waals surface area contributed by atoms with Crippen LogP contribution in [-0.2, 0) is 11.1 Å². The minimum atomic E-state index is -4.98. The first-order valence-electron chi connectivity index (χ1n) is 4.83. The summed E-state index contributed by atoms with van der Waals surface area (Å²) in [5.41, 5.74) is 0.00579. The van der Waals surface area contributed by atoms with Crippen LogP contribution in [0.25, 0.3) is 0 Å². The summed E-state index contributed by atoms with van der Waals surface area (Å²) in [7, 11) is 2.44. The van der Waals surface area contributed by atoms with E-state index in [1.807, 2.05) is 0 Å². The zero-order valence-corrected chi connectivity index (χ0v) is 13.5. The average Bonchev–Trinajstić information content (AvgIpc) is 2.25. The summed E-state index contributed by atoms with van der Waals surface area (Å²) in [6, 6.07) is 3.82. The SMILES string of the molecule is COC(=O)c1ccc(OC)c(C[B-](F)(F)F)c1.[K+]. The van der Waals surface area contributed by atoms with Crippen molar-refractivity contribution in [3.8, 4) is 5.75 Å². The van der Waals surface area contributed by atoms with Crippen LogP contribution in [0.3, 0.4) is 0 Å². The van der Waals surface area contributed by atoms with Gasteiger partial charge in [0.05, 0.1) is 19.8 Å². The van der Waals surface area contributed by atoms with Crippen LogP contribution < -0.4 is 56.1 Å². The smallest absolute Gasteiger partial charge is 0.497 e. The molecule has 0 radical (unpaired) electrons. The third-order valence-corrected chi connectivity index (χ3v) is 2.15. The van der Waals surface area contributed by atoms with Crippen molar-refractivity contribution >= 4 is 12.9 Å². The van der Waals surface area contributed by atoms with Gasteiger partial charge in [0.25, 0.3) is 0 Å². The Morgan fingerprint density at radius 2 is 1.89 bits per heavy atom. The molecular weight excluding hydrogens is 275 g/mol. The largest absolute Gasteiger partial charge is 1.00 e. The maximum absolute atomic E-state index is 12.4. The van der Waals surface area contributed by atoms with Crippen LogP contribution in [0.2, 0.25) is 0 Å². The van der Waals surface area contributed by atoms with Gasteiger partial charge in [0.1, 0.15) is 5.75 Å². The molecule has 18 heavy (non-hydrogen) atoms. The minimum Gasteiger partial charge on any atom is -0.497 e. The molecule has 94 valence electrons. The van der Waals surface area contributed by atoms with Gasteiger partial charge in [-0.25, -0.2) is 4.79 Å². The van der Waals surface area contributed by atoms with E-state index in [1.54, 1.807) is 0 Å². The molecule has 8 heteroatoms. The quantitative estimate of drug-likeness (QED) is 0.548. The van der Waals surface area contributed by atoms with Crippen molar-refractivity contribution < 1.29 is 78.6 Å². The van der Waals surface area contributed by atoms with Gasteiger partial charge in [-0.1, -0.05) is 6.32 Å². The Morgan fingerprint density at radius 3 is 2.33 bits per heavy atom. The predicted molar refractivity (Wildman–Crippen MR) is 57.1 cm³/mol. The fraction of sp³-hybridized carbons (Fsp3) is 0.300. The number of hydrogen-bond donors (Lipinski definition) is 0. The van der Waals surface area contributed by atoms with Crippen molar-refractivity contribution in [1.82, 2.24) is 0 Å². The van der Waals surface area contributed by atoms with Gasteiger partial charge in [0.15, 0.2) is 0 Å². The van der Waals surface area contributed by atoms with Crippen molar-refractivity contribution in [1.29, 1.82) is 0 Å². The molecule has 0 bridgehead atoms. The molecule has 0 fully saturated rings. The summed E-state index contributed by atoms with van der Waals surface area (Å²) in [6.07, 6.45) is -1.09. The Kier molecular flexibility index (Phi) is 7.53. The second-order valence-electron chi connectivity index (χ2n) is 3.43. The monoisotopic (exact) mass is 286 g/mol. The topological polar surface area (TPSA) is 35.5 Å². The molecule has 0 heterocycles. The number of rotatable bonds is 4. The van der Waals surface area contributed by atoms with E-state index in [0.717, 1.165) is 6.07 Å². The number of hydrogen-bond acceptors (Lipinski definition) is 3. The Labute approximate surface area is 146 Å². The first kappa shape index (κ1) is 18.0. The standard InChI is InChI=1S/C10H11BF3O3.K/c1-16-9-4-3-7(10(15)17-2)5-8(9)6-11(12,13)14;/h3-5H,6H2,1-2H3;/q-1;+1. The molecule has 1 rings (SSSR count). The molecule has 0 unspecified atom stereocenters. The maximum atomic E-state index is 12.4. The molecule has 0 aromatic heterocycles. The Hall–Kier alpha value is -0.0187. The van der Waals surface area contributed by atoms with Gasteiger partial charge >= 0.3 is 64.3 Å². The molecule has 0 saturated heterocycles. The summed E-state index contributed by atoms with van der Waals surface area (Å²) in [5.74, 6) is -0.569. The van der Waals surface area contributed by atoms with E-state index >= 15 is 0 Å². The van der Waals surface area contributed by atoms with E-state index in [4.69, 9.17) is 4.74 Å². The number of ether oxygens (including phenoxy) is 2. The number of methoxy groups -OCH3 is 2. The molecule has 0 aliphatic rings. The van der Waals surface area contributed by atoms with Crippen LogP contribution in [0.1, 0.15) is 15.9 Å². The molecule has 1 aromatic carbocycles. The number of benzene rings is 1. The van der Waals surface area contributed by atoms with Crippen LogP contribution in [0.4, 0.5) is 12.9 Å². The molecular formula is C10H11BF3KO3. The van der Waals surface area contributed by atoms with E-state index in [1.165, 1.54) is 26.4 Å². The fourth-order valence-corrected chi connectivity index (χ4v) is 1.43. The Balaban J connectivity index is 0.00000289. The van der Waals surface area contributed by atoms with Gasteiger partial charge in [0.2, 0.25) is 0 Å². The van der Waals surface area contributed by atoms with E-state index in [-0.39, 0.29) is 68.3 Å². The van der Waals surface area contributed by atoms with Crippen molar-refractivity contribution in [2.24, 2.45) is 0 Å². The second-order valence-corrected chi connectivity index (χ2v) is 3.43. The molecule has 0 aliphatic heterocycles. The van der Waals surface area contributed by atoms with Gasteiger partial charge in [0, 0.05) is 0 Å². The van der Waals surface area contributed by atoms with Gasteiger partial charge in [-0.2, -0.15) is 0 Å². The van der Waals surface area contributed by atoms with Crippen LogP contribution in [-0.4, -0.2) is 27.2 Å². The number of carbonyl (C=O) groups is 1. The van der Waals surface area contributed by atoms with Crippen molar-refractivity contribution in [2.75, 3.05) is 14.2 Å².